The van der Waals surface area contributed by atoms with Crippen molar-refractivity contribution >= 4 is 40.6 Å². The van der Waals surface area contributed by atoms with Gasteiger partial charge in [-0.15, -0.1) is 0 Å². The minimum atomic E-state index is -0.605. The molecule has 0 bridgehead atoms. The van der Waals surface area contributed by atoms with Crippen LogP contribution < -0.4 is 10.6 Å². The van der Waals surface area contributed by atoms with Gasteiger partial charge in [0.05, 0.1) is 25.3 Å². The van der Waals surface area contributed by atoms with Crippen LogP contribution in [0.25, 0.3) is 0 Å². The van der Waals surface area contributed by atoms with Crippen LogP contribution >= 0.6 is 12.2 Å². The molecule has 26 heavy (non-hydrogen) atoms. The molecule has 0 aromatic heterocycles. The first-order valence-electron chi connectivity index (χ1n) is 7.50. The van der Waals surface area contributed by atoms with Gasteiger partial charge in [0.2, 0.25) is 0 Å². The molecule has 0 amide bonds. The van der Waals surface area contributed by atoms with Crippen molar-refractivity contribution < 1.29 is 23.5 Å². The lowest BCUT2D eigenvalue weighted by Gasteiger charge is -2.14. The van der Waals surface area contributed by atoms with Crippen LogP contribution in [0.5, 0.6) is 0 Å². The number of nitrogens with one attached hydrogen (secondary N) is 2. The van der Waals surface area contributed by atoms with E-state index in [1.807, 2.05) is 0 Å². The normalized spacial score (nSPS) is 10.0. The Bertz CT molecular complexity index is 836. The van der Waals surface area contributed by atoms with Crippen molar-refractivity contribution in [3.05, 3.63) is 58.9 Å². The van der Waals surface area contributed by atoms with E-state index in [0.717, 1.165) is 0 Å². The molecule has 0 unspecified atom stereocenters. The summed E-state index contributed by atoms with van der Waals surface area (Å²) in [5.74, 6) is -1.56. The van der Waals surface area contributed by atoms with E-state index < -0.39 is 11.9 Å². The summed E-state index contributed by atoms with van der Waals surface area (Å²) in [5, 5.41) is 6.02. The third-order valence-electron chi connectivity index (χ3n) is 3.47. The fraction of sp³-hybridized carbons (Fsp3) is 0.167. The number of hydrogen-bond donors (Lipinski definition) is 2. The van der Waals surface area contributed by atoms with Gasteiger partial charge in [-0.1, -0.05) is 0 Å². The second-order valence-corrected chi connectivity index (χ2v) is 5.73. The van der Waals surface area contributed by atoms with Gasteiger partial charge in [-0.05, 0) is 61.1 Å². The molecule has 0 saturated carbocycles. The molecule has 6 nitrogen and oxygen atoms in total. The van der Waals surface area contributed by atoms with Crippen molar-refractivity contribution in [3.63, 3.8) is 0 Å². The molecular weight excluding hydrogens is 359 g/mol. The number of methoxy groups -OCH3 is 2. The van der Waals surface area contributed by atoms with E-state index in [1.165, 1.54) is 44.6 Å². The number of anilines is 2. The average Bonchev–Trinajstić information content (AvgIpc) is 2.62. The summed E-state index contributed by atoms with van der Waals surface area (Å²) >= 11 is 5.24. The number of ether oxygens (including phenoxy) is 2. The number of hydrogen-bond acceptors (Lipinski definition) is 5. The van der Waals surface area contributed by atoms with Gasteiger partial charge in [0.1, 0.15) is 5.82 Å². The summed E-state index contributed by atoms with van der Waals surface area (Å²) in [7, 11) is 2.48. The van der Waals surface area contributed by atoms with E-state index in [9.17, 15) is 14.0 Å². The largest absolute Gasteiger partial charge is 0.465 e. The fourth-order valence-corrected chi connectivity index (χ4v) is 2.45. The van der Waals surface area contributed by atoms with Gasteiger partial charge in [-0.3, -0.25) is 0 Å². The van der Waals surface area contributed by atoms with Crippen LogP contribution in [0, 0.1) is 12.7 Å². The van der Waals surface area contributed by atoms with Gasteiger partial charge < -0.3 is 20.1 Å². The Morgan fingerprint density at radius 3 is 2.04 bits per heavy atom. The zero-order chi connectivity index (χ0) is 19.3. The van der Waals surface area contributed by atoms with E-state index in [4.69, 9.17) is 12.2 Å². The molecule has 0 atom stereocenters. The van der Waals surface area contributed by atoms with Crippen LogP contribution in [-0.4, -0.2) is 31.3 Å². The maximum Gasteiger partial charge on any atom is 0.337 e. The summed E-state index contributed by atoms with van der Waals surface area (Å²) < 4.78 is 22.5. The molecule has 2 aromatic rings. The Balaban J connectivity index is 2.25. The molecule has 0 saturated heterocycles. The molecule has 2 rings (SSSR count). The number of halogens is 1. The van der Waals surface area contributed by atoms with Crippen molar-refractivity contribution in [2.24, 2.45) is 0 Å². The van der Waals surface area contributed by atoms with Crippen LogP contribution in [0.15, 0.2) is 36.4 Å². The highest BCUT2D eigenvalue weighted by molar-refractivity contribution is 7.80. The molecule has 0 radical (unpaired) electrons. The third-order valence-corrected chi connectivity index (χ3v) is 3.67. The number of carbonyl (C=O) groups is 2. The summed E-state index contributed by atoms with van der Waals surface area (Å²) in [6, 6.07) is 8.59. The first-order valence-corrected chi connectivity index (χ1v) is 7.90. The molecule has 2 aromatic carbocycles. The number of esters is 2. The highest BCUT2D eigenvalue weighted by Crippen LogP contribution is 2.19. The van der Waals surface area contributed by atoms with Crippen molar-refractivity contribution in [1.82, 2.24) is 0 Å². The van der Waals surface area contributed by atoms with E-state index in [-0.39, 0.29) is 22.1 Å². The Labute approximate surface area is 155 Å². The first kappa shape index (κ1) is 19.3. The van der Waals surface area contributed by atoms with Crippen LogP contribution in [-0.2, 0) is 9.47 Å². The zero-order valence-electron chi connectivity index (χ0n) is 14.4. The average molecular weight is 376 g/mol. The van der Waals surface area contributed by atoms with E-state index in [2.05, 4.69) is 20.1 Å². The van der Waals surface area contributed by atoms with Crippen molar-refractivity contribution in [2.75, 3.05) is 24.9 Å². The number of aryl methyl sites for hydroxylation is 1. The fourth-order valence-electron chi connectivity index (χ4n) is 2.22. The maximum atomic E-state index is 13.2. The second kappa shape index (κ2) is 8.39. The maximum absolute atomic E-state index is 13.2. The molecule has 136 valence electrons. The minimum Gasteiger partial charge on any atom is -0.465 e. The number of benzene rings is 2. The topological polar surface area (TPSA) is 76.7 Å². The Morgan fingerprint density at radius 2 is 1.54 bits per heavy atom. The Morgan fingerprint density at radius 1 is 0.962 bits per heavy atom. The number of thiocarbonyl (C=S) groups is 1. The number of rotatable bonds is 4. The van der Waals surface area contributed by atoms with E-state index >= 15 is 0 Å². The van der Waals surface area contributed by atoms with Gasteiger partial charge in [-0.25, -0.2) is 14.0 Å². The predicted octanol–water partition coefficient (Wildman–Crippen LogP) is 3.52. The third kappa shape index (κ3) is 4.76. The van der Waals surface area contributed by atoms with Gasteiger partial charge in [-0.2, -0.15) is 0 Å². The highest BCUT2D eigenvalue weighted by Gasteiger charge is 2.14. The monoisotopic (exact) mass is 376 g/mol. The minimum absolute atomic E-state index is 0.165. The van der Waals surface area contributed by atoms with Gasteiger partial charge in [0.25, 0.3) is 0 Å². The summed E-state index contributed by atoms with van der Waals surface area (Å²) in [6.07, 6.45) is 0. The smallest absolute Gasteiger partial charge is 0.337 e. The SMILES string of the molecule is COC(=O)c1cc(NC(=S)Nc2ccc(F)cc2C)cc(C(=O)OC)c1. The zero-order valence-corrected chi connectivity index (χ0v) is 15.2. The van der Waals surface area contributed by atoms with E-state index in [0.29, 0.717) is 16.9 Å². The molecule has 0 fully saturated rings. The van der Waals surface area contributed by atoms with Crippen LogP contribution in [0.3, 0.4) is 0 Å². The summed E-state index contributed by atoms with van der Waals surface area (Å²) in [6.45, 7) is 1.74. The second-order valence-electron chi connectivity index (χ2n) is 5.32. The Hall–Kier alpha value is -3.00. The van der Waals surface area contributed by atoms with Crippen LogP contribution in [0.4, 0.5) is 15.8 Å². The highest BCUT2D eigenvalue weighted by atomic mass is 32.1. The standard InChI is InChI=1S/C18H17FN2O4S/c1-10-6-13(19)4-5-15(10)21-18(26)20-14-8-11(16(22)24-2)7-12(9-14)17(23)25-3/h4-9H,1-3H3,(H2,20,21,26). The molecule has 8 heteroatoms. The molecule has 0 aliphatic heterocycles. The summed E-state index contributed by atoms with van der Waals surface area (Å²) in [4.78, 5) is 23.6. The molecule has 0 aliphatic rings. The lowest BCUT2D eigenvalue weighted by atomic mass is 10.1. The van der Waals surface area contributed by atoms with Crippen LogP contribution in [0.1, 0.15) is 26.3 Å². The quantitative estimate of drug-likeness (QED) is 0.624. The molecule has 0 aliphatic carbocycles. The van der Waals surface area contributed by atoms with Crippen molar-refractivity contribution in [1.29, 1.82) is 0 Å². The summed E-state index contributed by atoms with van der Waals surface area (Å²) in [5.41, 5.74) is 2.02. The number of carbonyl (C=O) groups excluding carboxylic acids is 2. The Kier molecular flexibility index (Phi) is 6.24. The lowest BCUT2D eigenvalue weighted by molar-refractivity contribution is 0.0599. The molecule has 0 spiro atoms. The van der Waals surface area contributed by atoms with Gasteiger partial charge in [0.15, 0.2) is 5.11 Å². The van der Waals surface area contributed by atoms with E-state index in [1.54, 1.807) is 13.0 Å². The molecule has 0 heterocycles. The van der Waals surface area contributed by atoms with Gasteiger partial charge in [0, 0.05) is 11.4 Å². The first-order chi connectivity index (χ1) is 12.3. The van der Waals surface area contributed by atoms with Gasteiger partial charge >= 0.3 is 11.9 Å². The lowest BCUT2D eigenvalue weighted by Crippen LogP contribution is -2.20. The molecule has 2 N–H and O–H groups in total. The predicted molar refractivity (Wildman–Crippen MR) is 100 cm³/mol. The van der Waals surface area contributed by atoms with Crippen molar-refractivity contribution in [3.8, 4) is 0 Å². The van der Waals surface area contributed by atoms with Crippen LogP contribution in [0.2, 0.25) is 0 Å². The van der Waals surface area contributed by atoms with Crippen molar-refractivity contribution in [2.45, 2.75) is 6.92 Å². The molecular formula is C18H17FN2O4S.